The molecule has 110 valence electrons. The number of anilines is 1. The van der Waals surface area contributed by atoms with Gasteiger partial charge in [-0.15, -0.1) is 0 Å². The first-order valence-electron chi connectivity index (χ1n) is 7.70. The summed E-state index contributed by atoms with van der Waals surface area (Å²) >= 11 is 0. The molecule has 0 spiro atoms. The smallest absolute Gasteiger partial charge is 0.252 e. The molecule has 1 aromatic rings. The second-order valence-electron chi connectivity index (χ2n) is 6.44. The van der Waals surface area contributed by atoms with E-state index in [1.165, 1.54) is 0 Å². The van der Waals surface area contributed by atoms with Crippen LogP contribution >= 0.6 is 0 Å². The Hall–Kier alpha value is -1.36. The van der Waals surface area contributed by atoms with E-state index in [2.05, 4.69) is 33.6 Å². The quantitative estimate of drug-likeness (QED) is 0.904. The van der Waals surface area contributed by atoms with Crippen LogP contribution in [0.5, 0.6) is 0 Å². The molecule has 1 aliphatic carbocycles. The van der Waals surface area contributed by atoms with Gasteiger partial charge in [-0.2, -0.15) is 0 Å². The fraction of sp³-hybridized carbons (Fsp3) is 0.733. The third kappa shape index (κ3) is 3.20. The molecule has 0 bridgehead atoms. The van der Waals surface area contributed by atoms with Gasteiger partial charge < -0.3 is 9.88 Å². The molecule has 0 aromatic carbocycles. The number of aromatic nitrogens is 2. The molecule has 0 amide bonds. The highest BCUT2D eigenvalue weighted by Gasteiger charge is 2.27. The van der Waals surface area contributed by atoms with Crippen molar-refractivity contribution in [2.75, 3.05) is 37.6 Å². The van der Waals surface area contributed by atoms with Crippen molar-refractivity contribution >= 4 is 5.82 Å². The van der Waals surface area contributed by atoms with Crippen molar-refractivity contribution in [3.05, 3.63) is 22.2 Å². The summed E-state index contributed by atoms with van der Waals surface area (Å²) in [4.78, 5) is 24.0. The second-order valence-corrected chi connectivity index (χ2v) is 6.44. The summed E-state index contributed by atoms with van der Waals surface area (Å²) in [6.45, 7) is 9.72. The van der Waals surface area contributed by atoms with E-state index >= 15 is 0 Å². The van der Waals surface area contributed by atoms with Crippen molar-refractivity contribution < 1.29 is 0 Å². The normalized spacial score (nSPS) is 20.6. The molecule has 1 saturated heterocycles. The van der Waals surface area contributed by atoms with E-state index in [4.69, 9.17) is 0 Å². The summed E-state index contributed by atoms with van der Waals surface area (Å²) in [7, 11) is 0. The summed E-state index contributed by atoms with van der Waals surface area (Å²) in [6.07, 6.45) is 2.32. The molecule has 1 aromatic heterocycles. The lowest BCUT2D eigenvalue weighted by atomic mass is 10.2. The predicted octanol–water partition coefficient (Wildman–Crippen LogP) is 1.43. The average molecular weight is 276 g/mol. The molecule has 2 fully saturated rings. The zero-order valence-electron chi connectivity index (χ0n) is 12.4. The first kappa shape index (κ1) is 13.6. The van der Waals surface area contributed by atoms with Gasteiger partial charge >= 0.3 is 0 Å². The van der Waals surface area contributed by atoms with Gasteiger partial charge in [0.25, 0.3) is 5.56 Å². The van der Waals surface area contributed by atoms with Crippen LogP contribution in [0.1, 0.15) is 38.4 Å². The number of nitrogens with zero attached hydrogens (tertiary/aromatic N) is 3. The summed E-state index contributed by atoms with van der Waals surface area (Å²) in [5.41, 5.74) is -0.0125. The Morgan fingerprint density at radius 1 is 1.30 bits per heavy atom. The van der Waals surface area contributed by atoms with Crippen molar-refractivity contribution in [3.63, 3.8) is 0 Å². The van der Waals surface area contributed by atoms with Crippen LogP contribution in [0.15, 0.2) is 10.9 Å². The van der Waals surface area contributed by atoms with Gasteiger partial charge in [0.15, 0.2) is 0 Å². The minimum Gasteiger partial charge on any atom is -0.354 e. The molecular weight excluding hydrogens is 252 g/mol. The number of aromatic amines is 1. The van der Waals surface area contributed by atoms with Crippen LogP contribution in [0.3, 0.4) is 0 Å². The van der Waals surface area contributed by atoms with Crippen LogP contribution < -0.4 is 10.5 Å². The van der Waals surface area contributed by atoms with Gasteiger partial charge in [-0.3, -0.25) is 9.69 Å². The molecule has 5 nitrogen and oxygen atoms in total. The molecule has 1 saturated carbocycles. The van der Waals surface area contributed by atoms with Crippen molar-refractivity contribution in [2.45, 2.75) is 32.6 Å². The molecule has 0 unspecified atom stereocenters. The standard InChI is InChI=1S/C15H24N4O/c1-11(2)10-18-5-7-19(8-6-18)13-9-14(20)17-15(16-13)12-3-4-12/h9,11-12H,3-8,10H2,1-2H3,(H,16,17,20). The topological polar surface area (TPSA) is 52.2 Å². The summed E-state index contributed by atoms with van der Waals surface area (Å²) in [6, 6.07) is 1.64. The van der Waals surface area contributed by atoms with Crippen LogP contribution in [0, 0.1) is 5.92 Å². The van der Waals surface area contributed by atoms with Crippen molar-refractivity contribution in [1.29, 1.82) is 0 Å². The highest BCUT2D eigenvalue weighted by molar-refractivity contribution is 5.38. The maximum atomic E-state index is 11.8. The average Bonchev–Trinajstić information content (AvgIpc) is 3.22. The molecule has 3 rings (SSSR count). The number of H-pyrrole nitrogens is 1. The number of nitrogens with one attached hydrogen (secondary N) is 1. The van der Waals surface area contributed by atoms with Crippen LogP contribution in [-0.4, -0.2) is 47.6 Å². The van der Waals surface area contributed by atoms with E-state index in [9.17, 15) is 4.79 Å². The molecule has 20 heavy (non-hydrogen) atoms. The Labute approximate surface area is 120 Å². The third-order valence-electron chi connectivity index (χ3n) is 4.03. The van der Waals surface area contributed by atoms with Gasteiger partial charge in [0.2, 0.25) is 0 Å². The number of piperazine rings is 1. The number of hydrogen-bond acceptors (Lipinski definition) is 4. The molecule has 1 aliphatic heterocycles. The van der Waals surface area contributed by atoms with E-state index in [0.717, 1.165) is 57.2 Å². The van der Waals surface area contributed by atoms with E-state index in [0.29, 0.717) is 11.8 Å². The van der Waals surface area contributed by atoms with E-state index in [1.54, 1.807) is 6.07 Å². The Kier molecular flexibility index (Phi) is 3.78. The maximum absolute atomic E-state index is 11.8. The minimum atomic E-state index is -0.0125. The van der Waals surface area contributed by atoms with Gasteiger partial charge in [0.1, 0.15) is 11.6 Å². The molecule has 5 heteroatoms. The van der Waals surface area contributed by atoms with Gasteiger partial charge in [-0.25, -0.2) is 4.98 Å². The lowest BCUT2D eigenvalue weighted by Crippen LogP contribution is -2.48. The van der Waals surface area contributed by atoms with Crippen molar-refractivity contribution in [1.82, 2.24) is 14.9 Å². The monoisotopic (exact) mass is 276 g/mol. The Morgan fingerprint density at radius 2 is 2.00 bits per heavy atom. The zero-order chi connectivity index (χ0) is 14.1. The highest BCUT2D eigenvalue weighted by Crippen LogP contribution is 2.37. The maximum Gasteiger partial charge on any atom is 0.252 e. The molecular formula is C15H24N4O. The molecule has 2 aliphatic rings. The molecule has 2 heterocycles. The van der Waals surface area contributed by atoms with Gasteiger partial charge in [-0.05, 0) is 18.8 Å². The Bertz CT molecular complexity index is 513. The summed E-state index contributed by atoms with van der Waals surface area (Å²) in [5.74, 6) is 2.95. The summed E-state index contributed by atoms with van der Waals surface area (Å²) < 4.78 is 0. The first-order valence-corrected chi connectivity index (χ1v) is 7.70. The summed E-state index contributed by atoms with van der Waals surface area (Å²) in [5, 5.41) is 0. The Balaban J connectivity index is 1.67. The van der Waals surface area contributed by atoms with Crippen molar-refractivity contribution in [2.24, 2.45) is 5.92 Å². The minimum absolute atomic E-state index is 0.0125. The Morgan fingerprint density at radius 3 is 2.60 bits per heavy atom. The van der Waals surface area contributed by atoms with E-state index in [1.807, 2.05) is 0 Å². The van der Waals surface area contributed by atoms with Crippen LogP contribution in [0.4, 0.5) is 5.82 Å². The largest absolute Gasteiger partial charge is 0.354 e. The first-order chi connectivity index (χ1) is 9.61. The lowest BCUT2D eigenvalue weighted by molar-refractivity contribution is 0.231. The molecule has 0 radical (unpaired) electrons. The fourth-order valence-corrected chi connectivity index (χ4v) is 2.85. The second kappa shape index (κ2) is 5.56. The number of rotatable bonds is 4. The predicted molar refractivity (Wildman–Crippen MR) is 80.3 cm³/mol. The highest BCUT2D eigenvalue weighted by atomic mass is 16.1. The van der Waals surface area contributed by atoms with Gasteiger partial charge in [0.05, 0.1) is 0 Å². The van der Waals surface area contributed by atoms with Crippen LogP contribution in [-0.2, 0) is 0 Å². The van der Waals surface area contributed by atoms with Crippen molar-refractivity contribution in [3.8, 4) is 0 Å². The van der Waals surface area contributed by atoms with E-state index < -0.39 is 0 Å². The fourth-order valence-electron chi connectivity index (χ4n) is 2.85. The van der Waals surface area contributed by atoms with E-state index in [-0.39, 0.29) is 5.56 Å². The molecule has 1 N–H and O–H groups in total. The van der Waals surface area contributed by atoms with Gasteiger partial charge in [0, 0.05) is 44.7 Å². The van der Waals surface area contributed by atoms with Crippen LogP contribution in [0.2, 0.25) is 0 Å². The lowest BCUT2D eigenvalue weighted by Gasteiger charge is -2.36. The van der Waals surface area contributed by atoms with Crippen LogP contribution in [0.25, 0.3) is 0 Å². The zero-order valence-corrected chi connectivity index (χ0v) is 12.4. The SMILES string of the molecule is CC(C)CN1CCN(c2cc(=O)[nH]c(C3CC3)n2)CC1. The van der Waals surface area contributed by atoms with Gasteiger partial charge in [-0.1, -0.05) is 13.8 Å². The molecule has 0 atom stereocenters. The third-order valence-corrected chi connectivity index (χ3v) is 4.03. The number of hydrogen-bond donors (Lipinski definition) is 1.